The standard InChI is InChI=1S/C14H14FN3OS/c15-11-6-4-9(5-7-11)8-12(19)16-14-18-17-13(20-14)10-2-1-3-10/h4-7,10H,1-3,8H2,(H,16,18,19). The summed E-state index contributed by atoms with van der Waals surface area (Å²) in [5.74, 6) is 0.0617. The summed E-state index contributed by atoms with van der Waals surface area (Å²) in [7, 11) is 0. The summed E-state index contributed by atoms with van der Waals surface area (Å²) in [5.41, 5.74) is 0.771. The van der Waals surface area contributed by atoms with Crippen LogP contribution in [0.3, 0.4) is 0 Å². The minimum atomic E-state index is -0.302. The van der Waals surface area contributed by atoms with Crippen molar-refractivity contribution in [2.75, 3.05) is 5.32 Å². The van der Waals surface area contributed by atoms with Gasteiger partial charge in [-0.2, -0.15) is 0 Å². The Morgan fingerprint density at radius 1 is 1.30 bits per heavy atom. The number of nitrogens with one attached hydrogen (secondary N) is 1. The number of hydrogen-bond donors (Lipinski definition) is 1. The lowest BCUT2D eigenvalue weighted by Gasteiger charge is -2.21. The first-order valence-electron chi connectivity index (χ1n) is 6.58. The monoisotopic (exact) mass is 291 g/mol. The smallest absolute Gasteiger partial charge is 0.230 e. The van der Waals surface area contributed by atoms with E-state index in [1.807, 2.05) is 0 Å². The first kappa shape index (κ1) is 13.2. The molecule has 1 N–H and O–H groups in total. The molecule has 1 aliphatic carbocycles. The molecule has 0 atom stereocenters. The Labute approximate surface area is 120 Å². The lowest BCUT2D eigenvalue weighted by Crippen LogP contribution is -2.14. The Bertz CT molecular complexity index is 607. The second-order valence-corrected chi connectivity index (χ2v) is 5.93. The zero-order valence-corrected chi connectivity index (χ0v) is 11.6. The summed E-state index contributed by atoms with van der Waals surface area (Å²) < 4.78 is 12.8. The van der Waals surface area contributed by atoms with Crippen LogP contribution in [0.5, 0.6) is 0 Å². The Balaban J connectivity index is 1.58. The number of carbonyl (C=O) groups is 1. The van der Waals surface area contributed by atoms with Gasteiger partial charge in [-0.3, -0.25) is 4.79 Å². The molecule has 2 aromatic rings. The molecule has 1 aromatic heterocycles. The van der Waals surface area contributed by atoms with Gasteiger partial charge >= 0.3 is 0 Å². The number of benzene rings is 1. The van der Waals surface area contributed by atoms with Gasteiger partial charge in [0.1, 0.15) is 10.8 Å². The summed E-state index contributed by atoms with van der Waals surface area (Å²) in [6.45, 7) is 0. The molecule has 4 nitrogen and oxygen atoms in total. The van der Waals surface area contributed by atoms with Crippen LogP contribution in [0.25, 0.3) is 0 Å². The van der Waals surface area contributed by atoms with Crippen LogP contribution in [-0.2, 0) is 11.2 Å². The third-order valence-electron chi connectivity index (χ3n) is 3.42. The van der Waals surface area contributed by atoms with Crippen LogP contribution in [-0.4, -0.2) is 16.1 Å². The third-order valence-corrected chi connectivity index (χ3v) is 4.42. The number of anilines is 1. The summed E-state index contributed by atoms with van der Waals surface area (Å²) in [6.07, 6.45) is 3.78. The van der Waals surface area contributed by atoms with Gasteiger partial charge in [-0.1, -0.05) is 29.9 Å². The normalized spacial score (nSPS) is 14.8. The largest absolute Gasteiger partial charge is 0.300 e. The van der Waals surface area contributed by atoms with Gasteiger partial charge < -0.3 is 5.32 Å². The molecule has 0 aliphatic heterocycles. The molecule has 6 heteroatoms. The molecule has 0 spiro atoms. The van der Waals surface area contributed by atoms with Crippen LogP contribution < -0.4 is 5.32 Å². The van der Waals surface area contributed by atoms with Crippen LogP contribution in [0.1, 0.15) is 35.8 Å². The molecule has 0 saturated heterocycles. The van der Waals surface area contributed by atoms with Crippen molar-refractivity contribution < 1.29 is 9.18 Å². The summed E-state index contributed by atoms with van der Waals surface area (Å²) >= 11 is 1.44. The Hall–Kier alpha value is -1.82. The quantitative estimate of drug-likeness (QED) is 0.941. The van der Waals surface area contributed by atoms with E-state index in [2.05, 4.69) is 15.5 Å². The first-order chi connectivity index (χ1) is 9.70. The average molecular weight is 291 g/mol. The Morgan fingerprint density at radius 3 is 2.70 bits per heavy atom. The van der Waals surface area contributed by atoms with Crippen LogP contribution in [0.15, 0.2) is 24.3 Å². The van der Waals surface area contributed by atoms with Crippen LogP contribution in [0, 0.1) is 5.82 Å². The minimum Gasteiger partial charge on any atom is -0.300 e. The molecule has 0 unspecified atom stereocenters. The van der Waals surface area contributed by atoms with Gasteiger partial charge in [0.25, 0.3) is 0 Å². The van der Waals surface area contributed by atoms with Crippen LogP contribution in [0.4, 0.5) is 9.52 Å². The Morgan fingerprint density at radius 2 is 2.05 bits per heavy atom. The van der Waals surface area contributed by atoms with E-state index < -0.39 is 0 Å². The van der Waals surface area contributed by atoms with E-state index in [0.717, 1.165) is 23.4 Å². The van der Waals surface area contributed by atoms with Crippen molar-refractivity contribution in [1.29, 1.82) is 0 Å². The second kappa shape index (κ2) is 5.66. The van der Waals surface area contributed by atoms with E-state index in [4.69, 9.17) is 0 Å². The predicted molar refractivity (Wildman–Crippen MR) is 75.2 cm³/mol. The van der Waals surface area contributed by atoms with E-state index in [-0.39, 0.29) is 18.1 Å². The molecular weight excluding hydrogens is 277 g/mol. The number of carbonyl (C=O) groups excluding carboxylic acids is 1. The van der Waals surface area contributed by atoms with Crippen molar-refractivity contribution in [3.63, 3.8) is 0 Å². The summed E-state index contributed by atoms with van der Waals surface area (Å²) in [4.78, 5) is 11.9. The molecule has 1 saturated carbocycles. The van der Waals surface area contributed by atoms with E-state index in [9.17, 15) is 9.18 Å². The van der Waals surface area contributed by atoms with E-state index in [1.54, 1.807) is 12.1 Å². The topological polar surface area (TPSA) is 54.9 Å². The van der Waals surface area contributed by atoms with Gasteiger partial charge in [-0.15, -0.1) is 10.2 Å². The lowest BCUT2D eigenvalue weighted by atomic mass is 9.86. The van der Waals surface area contributed by atoms with Gasteiger partial charge in [-0.05, 0) is 30.5 Å². The maximum atomic E-state index is 12.8. The minimum absolute atomic E-state index is 0.159. The average Bonchev–Trinajstić information content (AvgIpc) is 2.78. The van der Waals surface area contributed by atoms with Crippen LogP contribution in [0.2, 0.25) is 0 Å². The molecule has 1 amide bonds. The molecule has 3 rings (SSSR count). The maximum Gasteiger partial charge on any atom is 0.230 e. The van der Waals surface area contributed by atoms with Crippen molar-refractivity contribution in [1.82, 2.24) is 10.2 Å². The molecule has 0 radical (unpaired) electrons. The molecule has 1 aliphatic rings. The Kier molecular flexibility index (Phi) is 3.73. The zero-order valence-electron chi connectivity index (χ0n) is 10.8. The molecule has 0 bridgehead atoms. The van der Waals surface area contributed by atoms with Crippen molar-refractivity contribution >= 4 is 22.4 Å². The second-order valence-electron chi connectivity index (χ2n) is 4.92. The predicted octanol–water partition coefficient (Wildman–Crippen LogP) is 3.13. The SMILES string of the molecule is O=C(Cc1ccc(F)cc1)Nc1nnc(C2CCC2)s1. The lowest BCUT2D eigenvalue weighted by molar-refractivity contribution is -0.115. The maximum absolute atomic E-state index is 12.8. The highest BCUT2D eigenvalue weighted by atomic mass is 32.1. The van der Waals surface area contributed by atoms with Crippen molar-refractivity contribution in [3.8, 4) is 0 Å². The van der Waals surface area contributed by atoms with E-state index >= 15 is 0 Å². The van der Waals surface area contributed by atoms with Gasteiger partial charge in [0.05, 0.1) is 6.42 Å². The zero-order chi connectivity index (χ0) is 13.9. The number of nitrogens with zero attached hydrogens (tertiary/aromatic N) is 2. The van der Waals surface area contributed by atoms with Gasteiger partial charge in [0, 0.05) is 5.92 Å². The fraction of sp³-hybridized carbons (Fsp3) is 0.357. The molecular formula is C14H14FN3OS. The fourth-order valence-electron chi connectivity index (χ4n) is 2.06. The van der Waals surface area contributed by atoms with Gasteiger partial charge in [-0.25, -0.2) is 4.39 Å². The fourth-order valence-corrected chi connectivity index (χ4v) is 2.99. The highest BCUT2D eigenvalue weighted by molar-refractivity contribution is 7.15. The molecule has 1 heterocycles. The highest BCUT2D eigenvalue weighted by Gasteiger charge is 2.23. The molecule has 20 heavy (non-hydrogen) atoms. The summed E-state index contributed by atoms with van der Waals surface area (Å²) in [5, 5.41) is 12.4. The number of aromatic nitrogens is 2. The number of hydrogen-bond acceptors (Lipinski definition) is 4. The van der Waals surface area contributed by atoms with Gasteiger partial charge in [0.2, 0.25) is 11.0 Å². The number of rotatable bonds is 4. The van der Waals surface area contributed by atoms with Crippen molar-refractivity contribution in [3.05, 3.63) is 40.7 Å². The highest BCUT2D eigenvalue weighted by Crippen LogP contribution is 2.38. The molecule has 104 valence electrons. The number of halogens is 1. The van der Waals surface area contributed by atoms with Gasteiger partial charge in [0.15, 0.2) is 0 Å². The van der Waals surface area contributed by atoms with Crippen LogP contribution >= 0.6 is 11.3 Å². The molecule has 1 aromatic carbocycles. The third kappa shape index (κ3) is 3.01. The van der Waals surface area contributed by atoms with Crippen molar-refractivity contribution in [2.45, 2.75) is 31.6 Å². The van der Waals surface area contributed by atoms with Crippen molar-refractivity contribution in [2.24, 2.45) is 0 Å². The van der Waals surface area contributed by atoms with E-state index in [1.165, 1.54) is 29.9 Å². The van der Waals surface area contributed by atoms with E-state index in [0.29, 0.717) is 11.0 Å². The number of amides is 1. The summed E-state index contributed by atoms with van der Waals surface area (Å²) in [6, 6.07) is 5.91. The molecule has 1 fully saturated rings. The first-order valence-corrected chi connectivity index (χ1v) is 7.40.